The molecule has 22 heavy (non-hydrogen) atoms. The van der Waals surface area contributed by atoms with E-state index in [1.165, 1.54) is 29.9 Å². The predicted octanol–water partition coefficient (Wildman–Crippen LogP) is 5.62. The average molecular weight is 355 g/mol. The number of benzene rings is 1. The number of unbranched alkanes of at least 4 members (excludes halogenated alkanes) is 2. The van der Waals surface area contributed by atoms with Crippen molar-refractivity contribution in [1.82, 2.24) is 9.55 Å². The summed E-state index contributed by atoms with van der Waals surface area (Å²) < 4.78 is 2.18. The lowest BCUT2D eigenvalue weighted by Gasteiger charge is -2.17. The van der Waals surface area contributed by atoms with E-state index in [0.29, 0.717) is 5.25 Å². The predicted molar refractivity (Wildman–Crippen MR) is 100 cm³/mol. The van der Waals surface area contributed by atoms with Crippen LogP contribution in [-0.4, -0.2) is 26.3 Å². The number of hydrogen-bond acceptors (Lipinski definition) is 3. The van der Waals surface area contributed by atoms with Crippen LogP contribution in [0.15, 0.2) is 47.9 Å². The van der Waals surface area contributed by atoms with E-state index in [-0.39, 0.29) is 0 Å². The number of thioether (sulfide) groups is 2. The second-order valence-electron chi connectivity index (χ2n) is 5.22. The molecule has 0 saturated carbocycles. The summed E-state index contributed by atoms with van der Waals surface area (Å²) in [6.07, 6.45) is 9.73. The number of halogens is 1. The van der Waals surface area contributed by atoms with Gasteiger partial charge in [-0.3, -0.25) is 0 Å². The van der Waals surface area contributed by atoms with Crippen molar-refractivity contribution in [3.05, 3.63) is 48.0 Å². The fraction of sp³-hybridized carbons (Fsp3) is 0.471. The van der Waals surface area contributed by atoms with E-state index >= 15 is 0 Å². The van der Waals surface area contributed by atoms with Gasteiger partial charge in [-0.1, -0.05) is 31.4 Å². The Balaban J connectivity index is 1.84. The van der Waals surface area contributed by atoms with Crippen molar-refractivity contribution in [2.75, 3.05) is 11.5 Å². The highest BCUT2D eigenvalue weighted by atomic mass is 35.5. The van der Waals surface area contributed by atoms with Crippen LogP contribution in [0.5, 0.6) is 0 Å². The van der Waals surface area contributed by atoms with E-state index in [2.05, 4.69) is 40.4 Å². The van der Waals surface area contributed by atoms with Crippen molar-refractivity contribution >= 4 is 35.1 Å². The maximum Gasteiger partial charge on any atom is 0.0946 e. The first-order valence-corrected chi connectivity index (χ1v) is 10.1. The van der Waals surface area contributed by atoms with Gasteiger partial charge in [0.1, 0.15) is 0 Å². The molecule has 0 radical (unpaired) electrons. The number of aromatic nitrogens is 2. The van der Waals surface area contributed by atoms with Crippen molar-refractivity contribution in [1.29, 1.82) is 0 Å². The van der Waals surface area contributed by atoms with Crippen LogP contribution in [0.3, 0.4) is 0 Å². The Kier molecular flexibility index (Phi) is 8.27. The molecule has 2 nitrogen and oxygen atoms in total. The maximum atomic E-state index is 5.94. The van der Waals surface area contributed by atoms with Crippen molar-refractivity contribution in [2.45, 2.75) is 42.9 Å². The summed E-state index contributed by atoms with van der Waals surface area (Å²) in [5, 5.41) is 1.40. The Morgan fingerprint density at radius 3 is 2.73 bits per heavy atom. The highest BCUT2D eigenvalue weighted by Crippen LogP contribution is 2.26. The third-order valence-electron chi connectivity index (χ3n) is 3.32. The highest BCUT2D eigenvalue weighted by molar-refractivity contribution is 8.03. The summed E-state index contributed by atoms with van der Waals surface area (Å²) in [5.74, 6) is 2.35. The van der Waals surface area contributed by atoms with Crippen LogP contribution in [0.2, 0.25) is 5.02 Å². The Morgan fingerprint density at radius 1 is 1.23 bits per heavy atom. The van der Waals surface area contributed by atoms with E-state index in [9.17, 15) is 0 Å². The number of imidazole rings is 1. The van der Waals surface area contributed by atoms with Gasteiger partial charge >= 0.3 is 0 Å². The summed E-state index contributed by atoms with van der Waals surface area (Å²) >= 11 is 9.94. The molecule has 1 atom stereocenters. The fourth-order valence-electron chi connectivity index (χ4n) is 2.11. The molecule has 120 valence electrons. The molecule has 0 aliphatic carbocycles. The molecule has 0 bridgehead atoms. The third-order valence-corrected chi connectivity index (χ3v) is 6.27. The van der Waals surface area contributed by atoms with Gasteiger partial charge in [0.2, 0.25) is 0 Å². The topological polar surface area (TPSA) is 17.8 Å². The second-order valence-corrected chi connectivity index (χ2v) is 8.16. The third kappa shape index (κ3) is 6.67. The van der Waals surface area contributed by atoms with Gasteiger partial charge in [-0.2, -0.15) is 11.8 Å². The zero-order valence-corrected chi connectivity index (χ0v) is 15.3. The maximum absolute atomic E-state index is 5.94. The van der Waals surface area contributed by atoms with Gasteiger partial charge in [0.05, 0.1) is 6.33 Å². The van der Waals surface area contributed by atoms with Crippen LogP contribution in [0.1, 0.15) is 26.2 Å². The minimum atomic E-state index is 0.603. The summed E-state index contributed by atoms with van der Waals surface area (Å²) in [6.45, 7) is 3.28. The first kappa shape index (κ1) is 17.8. The molecule has 0 spiro atoms. The quantitative estimate of drug-likeness (QED) is 0.407. The molecule has 2 rings (SSSR count). The summed E-state index contributed by atoms with van der Waals surface area (Å²) in [5.41, 5.74) is 0. The van der Waals surface area contributed by atoms with Gasteiger partial charge in [-0.25, -0.2) is 4.98 Å². The van der Waals surface area contributed by atoms with Crippen molar-refractivity contribution < 1.29 is 0 Å². The minimum absolute atomic E-state index is 0.603. The van der Waals surface area contributed by atoms with E-state index in [1.807, 2.05) is 42.6 Å². The zero-order valence-electron chi connectivity index (χ0n) is 13.0. The van der Waals surface area contributed by atoms with E-state index in [4.69, 9.17) is 11.6 Å². The van der Waals surface area contributed by atoms with Gasteiger partial charge in [0, 0.05) is 39.9 Å². The monoisotopic (exact) mass is 354 g/mol. The molecule has 5 heteroatoms. The van der Waals surface area contributed by atoms with Crippen LogP contribution in [0.4, 0.5) is 0 Å². The van der Waals surface area contributed by atoms with Gasteiger partial charge < -0.3 is 4.57 Å². The molecule has 1 unspecified atom stereocenters. The average Bonchev–Trinajstić information content (AvgIpc) is 3.03. The molecule has 0 fully saturated rings. The summed E-state index contributed by atoms with van der Waals surface area (Å²) in [6, 6.07) is 8.12. The molecule has 0 aliphatic heterocycles. The molecule has 0 amide bonds. The van der Waals surface area contributed by atoms with Crippen LogP contribution in [0, 0.1) is 0 Å². The molecule has 2 aromatic rings. The molecular weight excluding hydrogens is 332 g/mol. The normalized spacial score (nSPS) is 12.5. The smallest absolute Gasteiger partial charge is 0.0946 e. The van der Waals surface area contributed by atoms with Gasteiger partial charge in [-0.05, 0) is 36.4 Å². The minimum Gasteiger partial charge on any atom is -0.336 e. The second kappa shape index (κ2) is 10.2. The molecule has 0 aliphatic rings. The van der Waals surface area contributed by atoms with Crippen LogP contribution >= 0.6 is 35.1 Å². The van der Waals surface area contributed by atoms with Crippen LogP contribution < -0.4 is 0 Å². The SMILES string of the molecule is CCCCCSC(CSc1ccc(Cl)cc1)Cn1ccnc1. The van der Waals surface area contributed by atoms with E-state index in [0.717, 1.165) is 17.3 Å². The van der Waals surface area contributed by atoms with Gasteiger partial charge in [0.15, 0.2) is 0 Å². The van der Waals surface area contributed by atoms with Crippen LogP contribution in [-0.2, 0) is 6.54 Å². The zero-order chi connectivity index (χ0) is 15.6. The highest BCUT2D eigenvalue weighted by Gasteiger charge is 2.11. The Bertz CT molecular complexity index is 514. The number of hydrogen-bond donors (Lipinski definition) is 0. The Hall–Kier alpha value is -0.580. The van der Waals surface area contributed by atoms with E-state index in [1.54, 1.807) is 0 Å². The number of rotatable bonds is 10. The molecule has 1 heterocycles. The lowest BCUT2D eigenvalue weighted by molar-refractivity contribution is 0.693. The molecular formula is C17H23ClN2S2. The fourth-order valence-corrected chi connectivity index (χ4v) is 4.61. The standard InChI is InChI=1S/C17H23ClN2S2/c1-2-3-4-11-21-17(12-20-10-9-19-14-20)13-22-16-7-5-15(18)6-8-16/h5-10,14,17H,2-4,11-13H2,1H3. The van der Waals surface area contributed by atoms with Gasteiger partial charge in [0.25, 0.3) is 0 Å². The largest absolute Gasteiger partial charge is 0.336 e. The summed E-state index contributed by atoms with van der Waals surface area (Å²) in [7, 11) is 0. The van der Waals surface area contributed by atoms with Crippen LogP contribution in [0.25, 0.3) is 0 Å². The van der Waals surface area contributed by atoms with E-state index < -0.39 is 0 Å². The first-order valence-electron chi connectivity index (χ1n) is 7.73. The first-order chi connectivity index (χ1) is 10.8. The van der Waals surface area contributed by atoms with Crippen molar-refractivity contribution in [3.8, 4) is 0 Å². The molecule has 1 aromatic heterocycles. The molecule has 1 aromatic carbocycles. The lowest BCUT2D eigenvalue weighted by Crippen LogP contribution is -2.15. The van der Waals surface area contributed by atoms with Gasteiger partial charge in [-0.15, -0.1) is 11.8 Å². The van der Waals surface area contributed by atoms with Crippen molar-refractivity contribution in [2.24, 2.45) is 0 Å². The molecule has 0 saturated heterocycles. The molecule has 0 N–H and O–H groups in total. The Labute approximate surface area is 147 Å². The summed E-state index contributed by atoms with van der Waals surface area (Å²) in [4.78, 5) is 5.43. The Morgan fingerprint density at radius 2 is 2.05 bits per heavy atom. The van der Waals surface area contributed by atoms with Crippen molar-refractivity contribution in [3.63, 3.8) is 0 Å². The number of nitrogens with zero attached hydrogens (tertiary/aromatic N) is 2. The lowest BCUT2D eigenvalue weighted by atomic mass is 10.3.